The largest absolute Gasteiger partial charge is 0.297 e. The molecule has 3 nitrogen and oxygen atoms in total. The van der Waals surface area contributed by atoms with Gasteiger partial charge in [0.15, 0.2) is 6.29 Å². The van der Waals surface area contributed by atoms with E-state index in [0.29, 0.717) is 0 Å². The van der Waals surface area contributed by atoms with Gasteiger partial charge in [-0.3, -0.25) is 4.79 Å². The van der Waals surface area contributed by atoms with Gasteiger partial charge in [0.2, 0.25) is 9.84 Å². The number of fused-ring (bicyclic) bond motifs is 1. The molecule has 0 fully saturated rings. The molecular formula is C9H5FO3S. The highest BCUT2D eigenvalue weighted by atomic mass is 32.2. The summed E-state index contributed by atoms with van der Waals surface area (Å²) in [5, 5.41) is 0. The molecule has 1 aliphatic rings. The molecule has 0 atom stereocenters. The molecule has 0 N–H and O–H groups in total. The van der Waals surface area contributed by atoms with E-state index >= 15 is 0 Å². The Hall–Kier alpha value is -1.49. The van der Waals surface area contributed by atoms with Crippen LogP contribution in [0.1, 0.15) is 5.56 Å². The van der Waals surface area contributed by atoms with Gasteiger partial charge in [0.1, 0.15) is 10.7 Å². The van der Waals surface area contributed by atoms with Crippen molar-refractivity contribution < 1.29 is 17.6 Å². The Kier molecular flexibility index (Phi) is 1.78. The summed E-state index contributed by atoms with van der Waals surface area (Å²) in [5.41, 5.74) is -0.0328. The first-order valence-electron chi connectivity index (χ1n) is 3.78. The molecule has 0 aliphatic carbocycles. The maximum Gasteiger partial charge on any atom is 0.210 e. The predicted molar refractivity (Wildman–Crippen MR) is 47.6 cm³/mol. The zero-order valence-electron chi connectivity index (χ0n) is 6.90. The van der Waals surface area contributed by atoms with Gasteiger partial charge in [-0.1, -0.05) is 6.07 Å². The number of rotatable bonds is 1. The highest BCUT2D eigenvalue weighted by Gasteiger charge is 2.30. The molecule has 0 unspecified atom stereocenters. The molecule has 5 heteroatoms. The number of hydrogen-bond donors (Lipinski definition) is 0. The molecule has 0 bridgehead atoms. The maximum absolute atomic E-state index is 13.1. The minimum atomic E-state index is -3.77. The Morgan fingerprint density at radius 2 is 2.00 bits per heavy atom. The second kappa shape index (κ2) is 2.75. The molecule has 1 aromatic rings. The monoisotopic (exact) mass is 212 g/mol. The Labute approximate surface area is 79.8 Å². The Balaban J connectivity index is 2.84. The number of hydrogen-bond acceptors (Lipinski definition) is 3. The van der Waals surface area contributed by atoms with Crippen LogP contribution in [0.25, 0.3) is 6.08 Å². The van der Waals surface area contributed by atoms with Crippen molar-refractivity contribution in [2.24, 2.45) is 0 Å². The fourth-order valence-electron chi connectivity index (χ4n) is 1.34. The molecule has 2 rings (SSSR count). The Bertz CT molecular complexity index is 543. The van der Waals surface area contributed by atoms with Gasteiger partial charge in [-0.15, -0.1) is 0 Å². The lowest BCUT2D eigenvalue weighted by atomic mass is 10.2. The average molecular weight is 212 g/mol. The molecule has 1 heterocycles. The molecule has 72 valence electrons. The van der Waals surface area contributed by atoms with Crippen LogP contribution in [0, 0.1) is 5.82 Å². The topological polar surface area (TPSA) is 51.2 Å². The van der Waals surface area contributed by atoms with Crippen molar-refractivity contribution >= 4 is 22.2 Å². The molecule has 0 amide bonds. The number of benzene rings is 1. The third kappa shape index (κ3) is 1.02. The van der Waals surface area contributed by atoms with E-state index in [0.717, 1.165) is 12.1 Å². The first-order valence-corrected chi connectivity index (χ1v) is 5.26. The summed E-state index contributed by atoms with van der Waals surface area (Å²) in [6, 6.07) is 3.73. The van der Waals surface area contributed by atoms with E-state index in [1.165, 1.54) is 12.1 Å². The second-order valence-electron chi connectivity index (χ2n) is 2.82. The van der Waals surface area contributed by atoms with Crippen molar-refractivity contribution in [2.45, 2.75) is 4.90 Å². The van der Waals surface area contributed by atoms with Crippen molar-refractivity contribution in [1.29, 1.82) is 0 Å². The number of carbonyl (C=O) groups excluding carboxylic acids is 1. The quantitative estimate of drug-likeness (QED) is 0.656. The summed E-state index contributed by atoms with van der Waals surface area (Å²) in [7, 11) is -3.77. The van der Waals surface area contributed by atoms with Crippen molar-refractivity contribution in [3.63, 3.8) is 0 Å². The van der Waals surface area contributed by atoms with Crippen LogP contribution in [-0.2, 0) is 14.6 Å². The third-order valence-electron chi connectivity index (χ3n) is 2.02. The highest BCUT2D eigenvalue weighted by Crippen LogP contribution is 2.32. The molecule has 0 aromatic heterocycles. The summed E-state index contributed by atoms with van der Waals surface area (Å²) >= 11 is 0. The van der Waals surface area contributed by atoms with E-state index in [4.69, 9.17) is 0 Å². The van der Waals surface area contributed by atoms with Crippen LogP contribution in [0.2, 0.25) is 0 Å². The van der Waals surface area contributed by atoms with Crippen molar-refractivity contribution in [1.82, 2.24) is 0 Å². The van der Waals surface area contributed by atoms with Gasteiger partial charge in [0, 0.05) is 5.56 Å². The van der Waals surface area contributed by atoms with Gasteiger partial charge < -0.3 is 0 Å². The minimum absolute atomic E-state index is 0.0328. The highest BCUT2D eigenvalue weighted by molar-refractivity contribution is 7.96. The minimum Gasteiger partial charge on any atom is -0.297 e. The first-order chi connectivity index (χ1) is 6.57. The van der Waals surface area contributed by atoms with Crippen LogP contribution in [0.5, 0.6) is 0 Å². The van der Waals surface area contributed by atoms with E-state index in [1.54, 1.807) is 0 Å². The Morgan fingerprint density at radius 1 is 1.29 bits per heavy atom. The molecule has 0 saturated carbocycles. The average Bonchev–Trinajstić information content (AvgIpc) is 2.40. The summed E-state index contributed by atoms with van der Waals surface area (Å²) in [6.07, 6.45) is 1.27. The normalized spacial score (nSPS) is 17.4. The lowest BCUT2D eigenvalue weighted by Gasteiger charge is -1.98. The van der Waals surface area contributed by atoms with Crippen LogP contribution in [0.15, 0.2) is 28.0 Å². The zero-order valence-corrected chi connectivity index (χ0v) is 7.71. The van der Waals surface area contributed by atoms with Crippen LogP contribution < -0.4 is 0 Å². The molecule has 1 aliphatic heterocycles. The van der Waals surface area contributed by atoms with Gasteiger partial charge in [0.25, 0.3) is 0 Å². The van der Waals surface area contributed by atoms with Gasteiger partial charge in [-0.2, -0.15) is 0 Å². The van der Waals surface area contributed by atoms with E-state index in [1.807, 2.05) is 0 Å². The number of sulfone groups is 1. The van der Waals surface area contributed by atoms with Gasteiger partial charge in [-0.25, -0.2) is 12.8 Å². The third-order valence-corrected chi connectivity index (χ3v) is 3.79. The number of halogens is 1. The Morgan fingerprint density at radius 3 is 2.57 bits per heavy atom. The fraction of sp³-hybridized carbons (Fsp3) is 0. The van der Waals surface area contributed by atoms with Crippen LogP contribution in [-0.4, -0.2) is 14.7 Å². The molecule has 0 spiro atoms. The fourth-order valence-corrected chi connectivity index (χ4v) is 2.69. The summed E-state index contributed by atoms with van der Waals surface area (Å²) in [5.74, 6) is -0.636. The predicted octanol–water partition coefficient (Wildman–Crippen LogP) is 1.15. The lowest BCUT2D eigenvalue weighted by Crippen LogP contribution is -2.01. The second-order valence-corrected chi connectivity index (χ2v) is 4.74. The number of carbonyl (C=O) groups is 1. The van der Waals surface area contributed by atoms with Gasteiger partial charge >= 0.3 is 0 Å². The smallest absolute Gasteiger partial charge is 0.210 e. The standard InChI is InChI=1S/C9H5FO3S/c10-8-2-1-3-9-7(8)4-6(5-11)14(9,12)13/h1-5H. The molecule has 1 aromatic carbocycles. The van der Waals surface area contributed by atoms with E-state index < -0.39 is 20.6 Å². The van der Waals surface area contributed by atoms with E-state index in [-0.39, 0.29) is 16.7 Å². The zero-order chi connectivity index (χ0) is 10.3. The van der Waals surface area contributed by atoms with Gasteiger partial charge in [0.05, 0.1) is 4.90 Å². The van der Waals surface area contributed by atoms with E-state index in [9.17, 15) is 17.6 Å². The molecule has 0 saturated heterocycles. The van der Waals surface area contributed by atoms with Crippen molar-refractivity contribution in [3.05, 3.63) is 34.5 Å². The van der Waals surface area contributed by atoms with Crippen LogP contribution in [0.3, 0.4) is 0 Å². The van der Waals surface area contributed by atoms with Crippen LogP contribution >= 0.6 is 0 Å². The molecular weight excluding hydrogens is 207 g/mol. The van der Waals surface area contributed by atoms with Crippen molar-refractivity contribution in [2.75, 3.05) is 0 Å². The molecule has 14 heavy (non-hydrogen) atoms. The van der Waals surface area contributed by atoms with Crippen LogP contribution in [0.4, 0.5) is 4.39 Å². The number of allylic oxidation sites excluding steroid dienone is 1. The summed E-state index contributed by atoms with van der Waals surface area (Å²) in [4.78, 5) is 9.90. The lowest BCUT2D eigenvalue weighted by molar-refractivity contribution is -0.104. The summed E-state index contributed by atoms with van der Waals surface area (Å²) < 4.78 is 36.1. The van der Waals surface area contributed by atoms with E-state index in [2.05, 4.69) is 0 Å². The molecule has 0 radical (unpaired) electrons. The maximum atomic E-state index is 13.1. The number of aldehydes is 1. The van der Waals surface area contributed by atoms with Gasteiger partial charge in [-0.05, 0) is 18.2 Å². The first kappa shape index (κ1) is 9.08. The summed E-state index contributed by atoms with van der Waals surface area (Å²) in [6.45, 7) is 0. The van der Waals surface area contributed by atoms with Crippen molar-refractivity contribution in [3.8, 4) is 0 Å². The SMILES string of the molecule is O=CC1=Cc2c(F)cccc2S1(=O)=O.